The molecule has 0 saturated carbocycles. The second-order valence-electron chi connectivity index (χ2n) is 7.06. The predicted octanol–water partition coefficient (Wildman–Crippen LogP) is 3.87. The Morgan fingerprint density at radius 2 is 1.74 bits per heavy atom. The first-order valence-electron chi connectivity index (χ1n) is 9.31. The minimum Gasteiger partial charge on any atom is -0.388 e. The molecule has 2 heterocycles. The Kier molecular flexibility index (Phi) is 5.53. The van der Waals surface area contributed by atoms with Gasteiger partial charge in [0.2, 0.25) is 0 Å². The van der Waals surface area contributed by atoms with Gasteiger partial charge in [-0.1, -0.05) is 41.9 Å². The van der Waals surface area contributed by atoms with Crippen LogP contribution in [0.15, 0.2) is 60.9 Å². The number of hydrogen-bond acceptors (Lipinski definition) is 4. The summed E-state index contributed by atoms with van der Waals surface area (Å²) in [5, 5.41) is 19.8. The third-order valence-electron chi connectivity index (χ3n) is 5.31. The van der Waals surface area contributed by atoms with Gasteiger partial charge in [-0.3, -0.25) is 9.47 Å². The highest BCUT2D eigenvalue weighted by Gasteiger charge is 2.27. The van der Waals surface area contributed by atoms with Gasteiger partial charge in [0.1, 0.15) is 6.33 Å². The number of aliphatic hydroxyl groups excluding tert-OH is 1. The first-order valence-corrected chi connectivity index (χ1v) is 9.69. The fraction of sp³-hybridized carbons (Fsp3) is 0.333. The van der Waals surface area contributed by atoms with Crippen LogP contribution >= 0.6 is 11.6 Å². The van der Waals surface area contributed by atoms with Crippen LogP contribution in [0.3, 0.4) is 0 Å². The van der Waals surface area contributed by atoms with Crippen LogP contribution in [0.2, 0.25) is 5.02 Å². The zero-order valence-corrected chi connectivity index (χ0v) is 15.8. The molecule has 1 unspecified atom stereocenters. The van der Waals surface area contributed by atoms with E-state index in [2.05, 4.69) is 27.2 Å². The molecule has 0 bridgehead atoms. The molecular weight excluding hydrogens is 360 g/mol. The molecule has 0 aliphatic carbocycles. The Morgan fingerprint density at radius 3 is 2.44 bits per heavy atom. The van der Waals surface area contributed by atoms with Crippen molar-refractivity contribution in [1.82, 2.24) is 19.7 Å². The van der Waals surface area contributed by atoms with E-state index < -0.39 is 6.10 Å². The molecule has 2 aromatic carbocycles. The van der Waals surface area contributed by atoms with Crippen LogP contribution in [0.25, 0.3) is 5.69 Å². The number of halogens is 1. The second-order valence-corrected chi connectivity index (χ2v) is 7.50. The van der Waals surface area contributed by atoms with E-state index in [0.717, 1.165) is 49.6 Å². The second kappa shape index (κ2) is 8.21. The quantitative estimate of drug-likeness (QED) is 0.727. The molecule has 1 aliphatic heterocycles. The lowest BCUT2D eigenvalue weighted by molar-refractivity contribution is 0.0559. The van der Waals surface area contributed by atoms with Gasteiger partial charge in [0.15, 0.2) is 5.82 Å². The Labute approximate surface area is 164 Å². The normalized spacial score (nSPS) is 17.1. The van der Waals surface area contributed by atoms with Crippen molar-refractivity contribution in [2.45, 2.75) is 25.5 Å². The molecule has 3 aromatic rings. The molecule has 27 heavy (non-hydrogen) atoms. The fourth-order valence-corrected chi connectivity index (χ4v) is 3.86. The molecule has 1 N–H and O–H groups in total. The van der Waals surface area contributed by atoms with Gasteiger partial charge in [-0.05, 0) is 61.7 Å². The lowest BCUT2D eigenvalue weighted by Gasteiger charge is -2.34. The van der Waals surface area contributed by atoms with Crippen LogP contribution in [-0.2, 0) is 6.54 Å². The number of hydrogen-bond donors (Lipinski definition) is 1. The Morgan fingerprint density at radius 1 is 1.04 bits per heavy atom. The third-order valence-corrected chi connectivity index (χ3v) is 5.56. The molecule has 6 heteroatoms. The van der Waals surface area contributed by atoms with Crippen LogP contribution in [0.1, 0.15) is 30.3 Å². The number of piperidine rings is 1. The molecule has 5 nitrogen and oxygen atoms in total. The SMILES string of the molecule is OC(c1ccc(Cl)cc1)C1CCN(Cc2nncn2-c2ccccc2)CC1. The third kappa shape index (κ3) is 4.21. The lowest BCUT2D eigenvalue weighted by atomic mass is 9.87. The van der Waals surface area contributed by atoms with Crippen molar-refractivity contribution in [3.8, 4) is 5.69 Å². The van der Waals surface area contributed by atoms with E-state index in [9.17, 15) is 5.11 Å². The van der Waals surface area contributed by atoms with E-state index in [0.29, 0.717) is 5.02 Å². The van der Waals surface area contributed by atoms with Crippen molar-refractivity contribution in [1.29, 1.82) is 0 Å². The van der Waals surface area contributed by atoms with Crippen LogP contribution < -0.4 is 0 Å². The fourth-order valence-electron chi connectivity index (χ4n) is 3.73. The minimum atomic E-state index is -0.433. The zero-order chi connectivity index (χ0) is 18.6. The van der Waals surface area contributed by atoms with Crippen LogP contribution in [0.4, 0.5) is 0 Å². The number of aromatic nitrogens is 3. The number of likely N-dealkylation sites (tertiary alicyclic amines) is 1. The Balaban J connectivity index is 1.36. The summed E-state index contributed by atoms with van der Waals surface area (Å²) in [6.07, 6.45) is 3.26. The maximum absolute atomic E-state index is 10.7. The highest BCUT2D eigenvalue weighted by Crippen LogP contribution is 2.31. The van der Waals surface area contributed by atoms with Crippen LogP contribution in [0, 0.1) is 5.92 Å². The molecule has 1 atom stereocenters. The maximum Gasteiger partial charge on any atom is 0.151 e. The van der Waals surface area contributed by atoms with Gasteiger partial charge in [0.05, 0.1) is 12.6 Å². The summed E-state index contributed by atoms with van der Waals surface area (Å²) in [6.45, 7) is 2.65. The topological polar surface area (TPSA) is 54.2 Å². The van der Waals surface area contributed by atoms with Gasteiger partial charge in [0.25, 0.3) is 0 Å². The first-order chi connectivity index (χ1) is 13.2. The standard InChI is InChI=1S/C21H23ClN4O/c22-18-8-6-16(7-9-18)21(27)17-10-12-25(13-11-17)14-20-24-23-15-26(20)19-4-2-1-3-5-19/h1-9,15,17,21,27H,10-14H2. The summed E-state index contributed by atoms with van der Waals surface area (Å²) in [5.41, 5.74) is 2.02. The van der Waals surface area contributed by atoms with Crippen molar-refractivity contribution in [3.63, 3.8) is 0 Å². The van der Waals surface area contributed by atoms with E-state index in [1.165, 1.54) is 0 Å². The van der Waals surface area contributed by atoms with Gasteiger partial charge in [-0.15, -0.1) is 10.2 Å². The van der Waals surface area contributed by atoms with Crippen molar-refractivity contribution < 1.29 is 5.11 Å². The average Bonchev–Trinajstić information content (AvgIpc) is 3.17. The molecule has 1 fully saturated rings. The summed E-state index contributed by atoms with van der Waals surface area (Å²) >= 11 is 5.94. The summed E-state index contributed by atoms with van der Waals surface area (Å²) in [6, 6.07) is 17.7. The summed E-state index contributed by atoms with van der Waals surface area (Å²) in [7, 11) is 0. The first kappa shape index (κ1) is 18.2. The van der Waals surface area contributed by atoms with Gasteiger partial charge >= 0.3 is 0 Å². The van der Waals surface area contributed by atoms with Gasteiger partial charge in [0, 0.05) is 10.7 Å². The van der Waals surface area contributed by atoms with Gasteiger partial charge in [-0.25, -0.2) is 0 Å². The van der Waals surface area contributed by atoms with Crippen molar-refractivity contribution in [2.24, 2.45) is 5.92 Å². The number of aliphatic hydroxyl groups is 1. The average molecular weight is 383 g/mol. The minimum absolute atomic E-state index is 0.273. The van der Waals surface area contributed by atoms with Crippen LogP contribution in [-0.4, -0.2) is 37.9 Å². The molecule has 0 amide bonds. The van der Waals surface area contributed by atoms with Gasteiger partial charge in [-0.2, -0.15) is 0 Å². The predicted molar refractivity (Wildman–Crippen MR) is 106 cm³/mol. The van der Waals surface area contributed by atoms with E-state index >= 15 is 0 Å². The summed E-state index contributed by atoms with van der Waals surface area (Å²) in [4.78, 5) is 2.38. The van der Waals surface area contributed by atoms with E-state index in [4.69, 9.17) is 11.6 Å². The Hall–Kier alpha value is -2.21. The van der Waals surface area contributed by atoms with Crippen molar-refractivity contribution in [2.75, 3.05) is 13.1 Å². The summed E-state index contributed by atoms with van der Waals surface area (Å²) < 4.78 is 2.04. The smallest absolute Gasteiger partial charge is 0.151 e. The largest absolute Gasteiger partial charge is 0.388 e. The van der Waals surface area contributed by atoms with Crippen LogP contribution in [0.5, 0.6) is 0 Å². The number of para-hydroxylation sites is 1. The van der Waals surface area contributed by atoms with Crippen molar-refractivity contribution >= 4 is 11.6 Å². The number of rotatable bonds is 5. The highest BCUT2D eigenvalue weighted by molar-refractivity contribution is 6.30. The zero-order valence-electron chi connectivity index (χ0n) is 15.1. The van der Waals surface area contributed by atoms with E-state index in [-0.39, 0.29) is 5.92 Å². The van der Waals surface area contributed by atoms with Gasteiger partial charge < -0.3 is 5.11 Å². The molecule has 1 saturated heterocycles. The molecule has 0 spiro atoms. The van der Waals surface area contributed by atoms with E-state index in [1.807, 2.05) is 47.0 Å². The monoisotopic (exact) mass is 382 g/mol. The maximum atomic E-state index is 10.7. The molecule has 1 aliphatic rings. The number of nitrogens with zero attached hydrogens (tertiary/aromatic N) is 4. The number of benzene rings is 2. The molecular formula is C21H23ClN4O. The molecule has 4 rings (SSSR count). The molecule has 0 radical (unpaired) electrons. The molecule has 1 aromatic heterocycles. The lowest BCUT2D eigenvalue weighted by Crippen LogP contribution is -2.35. The molecule has 140 valence electrons. The summed E-state index contributed by atoms with van der Waals surface area (Å²) in [5.74, 6) is 1.22. The Bertz CT molecular complexity index is 857. The van der Waals surface area contributed by atoms with Crippen molar-refractivity contribution in [3.05, 3.63) is 77.3 Å². The highest BCUT2D eigenvalue weighted by atomic mass is 35.5. The van der Waals surface area contributed by atoms with E-state index in [1.54, 1.807) is 6.33 Å².